The van der Waals surface area contributed by atoms with Gasteiger partial charge in [0.05, 0.1) is 5.57 Å². The Morgan fingerprint density at radius 1 is 1.10 bits per heavy atom. The molecule has 0 radical (unpaired) electrons. The van der Waals surface area contributed by atoms with Crippen LogP contribution in [0.15, 0.2) is 54.7 Å². The molecular weight excluding hydrogens is 248 g/mol. The highest BCUT2D eigenvalue weighted by atomic mass is 16.2. The van der Waals surface area contributed by atoms with Gasteiger partial charge in [-0.2, -0.15) is 0 Å². The van der Waals surface area contributed by atoms with E-state index >= 15 is 0 Å². The second-order valence-electron chi connectivity index (χ2n) is 4.75. The SMILES string of the molecule is CCc1ccc(N/C=C2\C(=O)Nc3ccccc32)cc1. The summed E-state index contributed by atoms with van der Waals surface area (Å²) in [5.74, 6) is -0.0659. The van der Waals surface area contributed by atoms with Crippen LogP contribution in [0.2, 0.25) is 0 Å². The van der Waals surface area contributed by atoms with Crippen LogP contribution < -0.4 is 10.6 Å². The standard InChI is InChI=1S/C17H16N2O/c1-2-12-7-9-13(10-8-12)18-11-15-14-5-3-4-6-16(14)19-17(15)20/h3-11,18H,2H2,1H3,(H,19,20)/b15-11-. The van der Waals surface area contributed by atoms with Gasteiger partial charge in [-0.3, -0.25) is 4.79 Å². The Balaban J connectivity index is 1.83. The fourth-order valence-electron chi connectivity index (χ4n) is 2.27. The topological polar surface area (TPSA) is 41.1 Å². The molecule has 100 valence electrons. The molecule has 20 heavy (non-hydrogen) atoms. The molecule has 3 nitrogen and oxygen atoms in total. The van der Waals surface area contributed by atoms with Crippen molar-refractivity contribution >= 4 is 22.9 Å². The van der Waals surface area contributed by atoms with Crippen molar-refractivity contribution < 1.29 is 4.79 Å². The molecule has 2 aromatic carbocycles. The summed E-state index contributed by atoms with van der Waals surface area (Å²) in [6, 6.07) is 15.9. The predicted molar refractivity (Wildman–Crippen MR) is 82.5 cm³/mol. The summed E-state index contributed by atoms with van der Waals surface area (Å²) >= 11 is 0. The average molecular weight is 264 g/mol. The highest BCUT2D eigenvalue weighted by Gasteiger charge is 2.23. The largest absolute Gasteiger partial charge is 0.361 e. The molecule has 0 aromatic heterocycles. The summed E-state index contributed by atoms with van der Waals surface area (Å²) in [6.45, 7) is 2.13. The molecule has 0 bridgehead atoms. The number of aryl methyl sites for hydroxylation is 1. The van der Waals surface area contributed by atoms with Crippen molar-refractivity contribution in [2.45, 2.75) is 13.3 Å². The zero-order valence-electron chi connectivity index (χ0n) is 11.3. The molecule has 2 aromatic rings. The lowest BCUT2D eigenvalue weighted by molar-refractivity contribution is -0.110. The smallest absolute Gasteiger partial charge is 0.257 e. The van der Waals surface area contributed by atoms with Gasteiger partial charge >= 0.3 is 0 Å². The lowest BCUT2D eigenvalue weighted by Gasteiger charge is -2.03. The molecule has 1 aliphatic heterocycles. The van der Waals surface area contributed by atoms with E-state index in [1.807, 2.05) is 36.4 Å². The molecule has 1 heterocycles. The van der Waals surface area contributed by atoms with E-state index in [-0.39, 0.29) is 5.91 Å². The number of anilines is 2. The van der Waals surface area contributed by atoms with Crippen LogP contribution >= 0.6 is 0 Å². The maximum atomic E-state index is 11.9. The normalized spacial score (nSPS) is 15.1. The molecular formula is C17H16N2O. The summed E-state index contributed by atoms with van der Waals surface area (Å²) in [6.07, 6.45) is 2.79. The van der Waals surface area contributed by atoms with Gasteiger partial charge in [-0.15, -0.1) is 0 Å². The molecule has 0 fully saturated rings. The van der Waals surface area contributed by atoms with E-state index in [2.05, 4.69) is 29.7 Å². The molecule has 0 saturated heterocycles. The first-order valence-electron chi connectivity index (χ1n) is 6.74. The van der Waals surface area contributed by atoms with Crippen LogP contribution in [-0.2, 0) is 11.2 Å². The Morgan fingerprint density at radius 3 is 2.60 bits per heavy atom. The van der Waals surface area contributed by atoms with Crippen LogP contribution in [0.3, 0.4) is 0 Å². The minimum absolute atomic E-state index is 0.0659. The van der Waals surface area contributed by atoms with E-state index in [9.17, 15) is 4.79 Å². The number of carbonyl (C=O) groups excluding carboxylic acids is 1. The zero-order valence-corrected chi connectivity index (χ0v) is 11.3. The maximum Gasteiger partial charge on any atom is 0.257 e. The Labute approximate surface area is 118 Å². The van der Waals surface area contributed by atoms with Gasteiger partial charge in [0.25, 0.3) is 5.91 Å². The van der Waals surface area contributed by atoms with Gasteiger partial charge in [0.15, 0.2) is 0 Å². The number of benzene rings is 2. The van der Waals surface area contributed by atoms with Crippen molar-refractivity contribution in [2.75, 3.05) is 10.6 Å². The molecule has 1 aliphatic rings. The zero-order chi connectivity index (χ0) is 13.9. The van der Waals surface area contributed by atoms with Crippen molar-refractivity contribution in [3.8, 4) is 0 Å². The van der Waals surface area contributed by atoms with Gasteiger partial charge < -0.3 is 10.6 Å². The van der Waals surface area contributed by atoms with Gasteiger partial charge in [-0.25, -0.2) is 0 Å². The van der Waals surface area contributed by atoms with Crippen LogP contribution in [0.4, 0.5) is 11.4 Å². The quantitative estimate of drug-likeness (QED) is 0.831. The van der Waals surface area contributed by atoms with Crippen LogP contribution in [0.5, 0.6) is 0 Å². The lowest BCUT2D eigenvalue weighted by atomic mass is 10.1. The first-order valence-corrected chi connectivity index (χ1v) is 6.74. The second kappa shape index (κ2) is 5.21. The number of fused-ring (bicyclic) bond motifs is 1. The van der Waals surface area contributed by atoms with Crippen LogP contribution in [0.25, 0.3) is 5.57 Å². The molecule has 0 saturated carbocycles. The maximum absolute atomic E-state index is 11.9. The molecule has 0 aliphatic carbocycles. The second-order valence-corrected chi connectivity index (χ2v) is 4.75. The number of para-hydroxylation sites is 1. The van der Waals surface area contributed by atoms with Gasteiger partial charge in [-0.1, -0.05) is 37.3 Å². The molecule has 0 atom stereocenters. The number of nitrogens with one attached hydrogen (secondary N) is 2. The Morgan fingerprint density at radius 2 is 1.85 bits per heavy atom. The Kier molecular flexibility index (Phi) is 3.25. The van der Waals surface area contributed by atoms with Crippen molar-refractivity contribution in [1.82, 2.24) is 0 Å². The highest BCUT2D eigenvalue weighted by molar-refractivity contribution is 6.31. The van der Waals surface area contributed by atoms with Crippen molar-refractivity contribution in [2.24, 2.45) is 0 Å². The number of amides is 1. The van der Waals surface area contributed by atoms with E-state index in [0.717, 1.165) is 23.4 Å². The fourth-order valence-corrected chi connectivity index (χ4v) is 2.27. The first-order chi connectivity index (χ1) is 9.78. The number of hydrogen-bond acceptors (Lipinski definition) is 2. The Hall–Kier alpha value is -2.55. The molecule has 3 heteroatoms. The number of hydrogen-bond donors (Lipinski definition) is 2. The van der Waals surface area contributed by atoms with Gasteiger partial charge in [0.1, 0.15) is 0 Å². The predicted octanol–water partition coefficient (Wildman–Crippen LogP) is 3.65. The number of rotatable bonds is 3. The molecule has 3 rings (SSSR count). The molecule has 0 unspecified atom stereocenters. The third-order valence-corrected chi connectivity index (χ3v) is 3.46. The third-order valence-electron chi connectivity index (χ3n) is 3.46. The van der Waals surface area contributed by atoms with Gasteiger partial charge in [0.2, 0.25) is 0 Å². The Bertz CT molecular complexity index is 672. The summed E-state index contributed by atoms with van der Waals surface area (Å²) in [7, 11) is 0. The van der Waals surface area contributed by atoms with Crippen molar-refractivity contribution in [3.63, 3.8) is 0 Å². The third kappa shape index (κ3) is 2.30. The van der Waals surface area contributed by atoms with E-state index in [1.165, 1.54) is 5.56 Å². The van der Waals surface area contributed by atoms with E-state index < -0.39 is 0 Å². The summed E-state index contributed by atoms with van der Waals surface area (Å²) in [4.78, 5) is 11.9. The van der Waals surface area contributed by atoms with E-state index in [0.29, 0.717) is 5.57 Å². The monoisotopic (exact) mass is 264 g/mol. The van der Waals surface area contributed by atoms with Crippen molar-refractivity contribution in [3.05, 3.63) is 65.9 Å². The first kappa shape index (κ1) is 12.5. The number of carbonyl (C=O) groups is 1. The van der Waals surface area contributed by atoms with Gasteiger partial charge in [-0.05, 0) is 30.2 Å². The molecule has 2 N–H and O–H groups in total. The van der Waals surface area contributed by atoms with E-state index in [1.54, 1.807) is 6.20 Å². The lowest BCUT2D eigenvalue weighted by Crippen LogP contribution is -2.05. The minimum Gasteiger partial charge on any atom is -0.361 e. The average Bonchev–Trinajstić information content (AvgIpc) is 2.81. The van der Waals surface area contributed by atoms with E-state index in [4.69, 9.17) is 0 Å². The molecule has 0 spiro atoms. The van der Waals surface area contributed by atoms with Crippen LogP contribution in [0.1, 0.15) is 18.1 Å². The summed E-state index contributed by atoms with van der Waals surface area (Å²) in [5, 5.41) is 6.04. The minimum atomic E-state index is -0.0659. The van der Waals surface area contributed by atoms with Gasteiger partial charge in [0, 0.05) is 23.1 Å². The summed E-state index contributed by atoms with van der Waals surface area (Å²) < 4.78 is 0. The van der Waals surface area contributed by atoms with Crippen molar-refractivity contribution in [1.29, 1.82) is 0 Å². The summed E-state index contributed by atoms with van der Waals surface area (Å²) in [5.41, 5.74) is 4.75. The fraction of sp³-hybridized carbons (Fsp3) is 0.118. The van der Waals surface area contributed by atoms with Crippen LogP contribution in [-0.4, -0.2) is 5.91 Å². The van der Waals surface area contributed by atoms with Crippen LogP contribution in [0, 0.1) is 0 Å². The molecule has 1 amide bonds. The highest BCUT2D eigenvalue weighted by Crippen LogP contribution is 2.31.